The lowest BCUT2D eigenvalue weighted by Crippen LogP contribution is -2.66. The largest absolute Gasteiger partial charge is 0.444 e. The number of hydrogen-bond acceptors (Lipinski definition) is 2. The summed E-state index contributed by atoms with van der Waals surface area (Å²) in [5.41, 5.74) is -1.57. The van der Waals surface area contributed by atoms with Crippen molar-refractivity contribution in [3.63, 3.8) is 0 Å². The van der Waals surface area contributed by atoms with Gasteiger partial charge < -0.3 is 10.1 Å². The summed E-state index contributed by atoms with van der Waals surface area (Å²) >= 11 is 3.35. The number of rotatable bonds is 2. The molecule has 2 rings (SSSR count). The number of nitrogens with one attached hydrogen (secondary N) is 1. The number of ether oxygens (including phenoxy) is 1. The molecule has 0 aliphatic heterocycles. The molecular weight excluding hydrogens is 344 g/mol. The molecule has 0 aromatic carbocycles. The van der Waals surface area contributed by atoms with Crippen molar-refractivity contribution in [2.75, 3.05) is 0 Å². The first kappa shape index (κ1) is 16.5. The van der Waals surface area contributed by atoms with E-state index in [9.17, 15) is 13.6 Å². The van der Waals surface area contributed by atoms with Crippen molar-refractivity contribution >= 4 is 22.0 Å². The first-order valence-corrected chi connectivity index (χ1v) is 7.74. The fourth-order valence-electron chi connectivity index (χ4n) is 2.83. The number of alkyl carbamates (subject to hydrolysis) is 1. The maximum Gasteiger partial charge on any atom is 0.408 e. The van der Waals surface area contributed by atoms with Gasteiger partial charge in [0.15, 0.2) is 0 Å². The average molecular weight is 364 g/mol. The van der Waals surface area contributed by atoms with Gasteiger partial charge in [-0.1, -0.05) is 34.2 Å². The van der Waals surface area contributed by atoms with Crippen LogP contribution in [-0.2, 0) is 4.74 Å². The van der Waals surface area contributed by atoms with Crippen molar-refractivity contribution in [1.82, 2.24) is 5.32 Å². The Morgan fingerprint density at radius 2 is 2.05 bits per heavy atom. The number of alkyl halides is 2. The highest BCUT2D eigenvalue weighted by Crippen LogP contribution is 2.51. The molecular formula is C15H20BrF2NO2. The van der Waals surface area contributed by atoms with Crippen LogP contribution in [0.3, 0.4) is 0 Å². The summed E-state index contributed by atoms with van der Waals surface area (Å²) in [5.74, 6) is -2.87. The van der Waals surface area contributed by atoms with Crippen LogP contribution in [0.4, 0.5) is 13.6 Å². The molecule has 3 nitrogen and oxygen atoms in total. The summed E-state index contributed by atoms with van der Waals surface area (Å²) in [4.78, 5) is 12.0. The van der Waals surface area contributed by atoms with E-state index in [1.54, 1.807) is 20.8 Å². The lowest BCUT2D eigenvalue weighted by atomic mass is 9.64. The zero-order chi connectivity index (χ0) is 15.9. The molecule has 0 spiro atoms. The number of carbonyl (C=O) groups is 1. The zero-order valence-corrected chi connectivity index (χ0v) is 14.0. The second-order valence-corrected chi connectivity index (χ2v) is 7.70. The molecule has 1 atom stereocenters. The second-order valence-electron chi connectivity index (χ2n) is 6.78. The van der Waals surface area contributed by atoms with Crippen molar-refractivity contribution in [3.05, 3.63) is 22.7 Å². The number of amides is 1. The molecule has 21 heavy (non-hydrogen) atoms. The number of hydrogen-bond donors (Lipinski definition) is 1. The average Bonchev–Trinajstić information content (AvgIpc) is 2.23. The van der Waals surface area contributed by atoms with Crippen LogP contribution >= 0.6 is 15.9 Å². The van der Waals surface area contributed by atoms with Gasteiger partial charge in [0.25, 0.3) is 5.92 Å². The summed E-state index contributed by atoms with van der Waals surface area (Å²) in [6, 6.07) is 0. The summed E-state index contributed by atoms with van der Waals surface area (Å²) in [7, 11) is 0. The fraction of sp³-hybridized carbons (Fsp3) is 0.667. The topological polar surface area (TPSA) is 38.3 Å². The fourth-order valence-corrected chi connectivity index (χ4v) is 3.16. The molecule has 1 amide bonds. The van der Waals surface area contributed by atoms with Gasteiger partial charge in [-0.05, 0) is 27.2 Å². The highest BCUT2D eigenvalue weighted by atomic mass is 79.9. The Bertz CT molecular complexity index is 486. The minimum absolute atomic E-state index is 0.147. The van der Waals surface area contributed by atoms with Gasteiger partial charge in [-0.2, -0.15) is 0 Å². The molecule has 1 fully saturated rings. The molecule has 0 aromatic rings. The molecule has 0 bridgehead atoms. The van der Waals surface area contributed by atoms with E-state index in [0.717, 1.165) is 4.48 Å². The Morgan fingerprint density at radius 1 is 1.43 bits per heavy atom. The normalized spacial score (nSPS) is 26.6. The van der Waals surface area contributed by atoms with Gasteiger partial charge in [-0.3, -0.25) is 0 Å². The Hall–Kier alpha value is -0.910. The monoisotopic (exact) mass is 363 g/mol. The van der Waals surface area contributed by atoms with Crippen LogP contribution in [-0.4, -0.2) is 23.2 Å². The van der Waals surface area contributed by atoms with Crippen LogP contribution < -0.4 is 5.32 Å². The molecule has 0 radical (unpaired) electrons. The number of halogens is 3. The highest BCUT2D eigenvalue weighted by Gasteiger charge is 2.60. The molecule has 6 heteroatoms. The zero-order valence-electron chi connectivity index (χ0n) is 12.4. The molecule has 1 unspecified atom stereocenters. The Kier molecular flexibility index (Phi) is 4.21. The molecule has 1 saturated carbocycles. The molecule has 0 saturated heterocycles. The minimum atomic E-state index is -2.72. The number of allylic oxidation sites excluding steroid dienone is 3. The third-order valence-corrected chi connectivity index (χ3v) is 4.25. The van der Waals surface area contributed by atoms with Crippen LogP contribution in [0.25, 0.3) is 0 Å². The number of carbonyl (C=O) groups excluding carboxylic acids is 1. The van der Waals surface area contributed by atoms with Crippen LogP contribution in [0.2, 0.25) is 0 Å². The van der Waals surface area contributed by atoms with E-state index in [1.165, 1.54) is 0 Å². The quantitative estimate of drug-likeness (QED) is 0.782. The van der Waals surface area contributed by atoms with E-state index >= 15 is 0 Å². The summed E-state index contributed by atoms with van der Waals surface area (Å²) < 4.78 is 33.0. The van der Waals surface area contributed by atoms with E-state index in [-0.39, 0.29) is 18.8 Å². The molecule has 118 valence electrons. The molecule has 2 aliphatic carbocycles. The van der Waals surface area contributed by atoms with Gasteiger partial charge in [0.1, 0.15) is 5.60 Å². The summed E-state index contributed by atoms with van der Waals surface area (Å²) in [6.45, 7) is 5.24. The maximum atomic E-state index is 13.4. The Labute approximate surface area is 131 Å². The lowest BCUT2D eigenvalue weighted by molar-refractivity contribution is -0.145. The third kappa shape index (κ3) is 4.05. The molecule has 2 aliphatic rings. The van der Waals surface area contributed by atoms with Gasteiger partial charge in [0, 0.05) is 23.2 Å². The molecule has 0 aromatic heterocycles. The van der Waals surface area contributed by atoms with E-state index < -0.39 is 23.2 Å². The van der Waals surface area contributed by atoms with Gasteiger partial charge in [0.2, 0.25) is 0 Å². The standard InChI is InChI=1S/C15H20BrF2NO2/c1-13(2,3)21-12(20)19-14(8-15(17,18)9-14)10-4-6-11(16)7-5-10/h4,6-7,10H,5,8-9H2,1-3H3,(H,19,20). The molecule has 1 N–H and O–H groups in total. The Morgan fingerprint density at radius 3 is 2.48 bits per heavy atom. The second kappa shape index (κ2) is 5.38. The molecule has 0 heterocycles. The van der Waals surface area contributed by atoms with Crippen LogP contribution in [0, 0.1) is 5.92 Å². The highest BCUT2D eigenvalue weighted by molar-refractivity contribution is 9.11. The van der Waals surface area contributed by atoms with E-state index in [2.05, 4.69) is 21.2 Å². The SMILES string of the molecule is CC(C)(C)OC(=O)NC1(C2C=CC(Br)=CC2)CC(F)(F)C1. The summed E-state index contributed by atoms with van der Waals surface area (Å²) in [5, 5.41) is 2.69. The minimum Gasteiger partial charge on any atom is -0.444 e. The van der Waals surface area contributed by atoms with Crippen molar-refractivity contribution in [1.29, 1.82) is 0 Å². The van der Waals surface area contributed by atoms with Crippen molar-refractivity contribution in [2.45, 2.75) is 57.1 Å². The van der Waals surface area contributed by atoms with Crippen molar-refractivity contribution < 1.29 is 18.3 Å². The first-order chi connectivity index (χ1) is 9.51. The Balaban J connectivity index is 2.09. The van der Waals surface area contributed by atoms with Crippen LogP contribution in [0.1, 0.15) is 40.0 Å². The van der Waals surface area contributed by atoms with E-state index in [1.807, 2.05) is 18.2 Å². The van der Waals surface area contributed by atoms with E-state index in [0.29, 0.717) is 6.42 Å². The van der Waals surface area contributed by atoms with Crippen LogP contribution in [0.5, 0.6) is 0 Å². The third-order valence-electron chi connectivity index (χ3n) is 3.66. The van der Waals surface area contributed by atoms with Gasteiger partial charge in [-0.15, -0.1) is 0 Å². The van der Waals surface area contributed by atoms with E-state index in [4.69, 9.17) is 4.74 Å². The van der Waals surface area contributed by atoms with Crippen molar-refractivity contribution in [3.8, 4) is 0 Å². The van der Waals surface area contributed by atoms with Gasteiger partial charge in [-0.25, -0.2) is 13.6 Å². The predicted octanol–water partition coefficient (Wildman–Crippen LogP) is 4.53. The predicted molar refractivity (Wildman–Crippen MR) is 80.5 cm³/mol. The van der Waals surface area contributed by atoms with Gasteiger partial charge >= 0.3 is 6.09 Å². The van der Waals surface area contributed by atoms with Crippen molar-refractivity contribution in [2.24, 2.45) is 5.92 Å². The van der Waals surface area contributed by atoms with Crippen LogP contribution in [0.15, 0.2) is 22.7 Å². The maximum absolute atomic E-state index is 13.4. The smallest absolute Gasteiger partial charge is 0.408 e. The first-order valence-electron chi connectivity index (χ1n) is 6.94. The van der Waals surface area contributed by atoms with Gasteiger partial charge in [0.05, 0.1) is 5.54 Å². The lowest BCUT2D eigenvalue weighted by Gasteiger charge is -2.51. The summed E-state index contributed by atoms with van der Waals surface area (Å²) in [6.07, 6.45) is 4.92.